The molecule has 150 valence electrons. The first kappa shape index (κ1) is 18.4. The van der Waals surface area contributed by atoms with Gasteiger partial charge in [0.1, 0.15) is 0 Å². The molecule has 0 aromatic carbocycles. The highest BCUT2D eigenvalue weighted by Crippen LogP contribution is 2.64. The third-order valence-corrected chi connectivity index (χ3v) is 8.78. The van der Waals surface area contributed by atoms with E-state index in [-0.39, 0.29) is 16.9 Å². The van der Waals surface area contributed by atoms with E-state index >= 15 is 0 Å². The summed E-state index contributed by atoms with van der Waals surface area (Å²) in [4.78, 5) is 13.4. The fraction of sp³-hybridized carbons (Fsp3) is 0.667. The van der Waals surface area contributed by atoms with Gasteiger partial charge in [0, 0.05) is 24.2 Å². The monoisotopic (exact) mass is 380 g/mol. The van der Waals surface area contributed by atoms with Gasteiger partial charge in [-0.1, -0.05) is 25.5 Å². The van der Waals surface area contributed by atoms with Crippen LogP contribution >= 0.6 is 0 Å². The van der Waals surface area contributed by atoms with Crippen molar-refractivity contribution in [2.24, 2.45) is 35.6 Å². The minimum absolute atomic E-state index is 0.160. The van der Waals surface area contributed by atoms with Crippen molar-refractivity contribution in [2.45, 2.75) is 64.9 Å². The van der Waals surface area contributed by atoms with Crippen molar-refractivity contribution in [1.82, 2.24) is 9.78 Å². The van der Waals surface area contributed by atoms with E-state index in [1.807, 2.05) is 19.4 Å². The summed E-state index contributed by atoms with van der Waals surface area (Å²) in [6.45, 7) is 4.67. The standard InChI is InChI=1S/C24H32N2O2/c1-23-8-6-18(27)12-17(23)4-5-19-20(23)7-9-24(2)21(19)11-16(22(24)28)10-15-13-25-26(3)14-15/h4,10,13-14,18-21,27H,5-9,11-12H2,1-3H3/b16-10-. The number of aliphatic hydroxyl groups is 1. The Bertz CT molecular complexity index is 881. The van der Waals surface area contributed by atoms with E-state index in [1.165, 1.54) is 5.57 Å². The Labute approximate surface area is 167 Å². The van der Waals surface area contributed by atoms with Gasteiger partial charge in [0.25, 0.3) is 0 Å². The van der Waals surface area contributed by atoms with Gasteiger partial charge < -0.3 is 5.11 Å². The zero-order valence-corrected chi connectivity index (χ0v) is 17.3. The Morgan fingerprint density at radius 1 is 1.18 bits per heavy atom. The van der Waals surface area contributed by atoms with Crippen LogP contribution < -0.4 is 0 Å². The third-order valence-electron chi connectivity index (χ3n) is 8.78. The van der Waals surface area contributed by atoms with E-state index in [9.17, 15) is 9.90 Å². The number of fused-ring (bicyclic) bond motifs is 5. The molecule has 1 heterocycles. The van der Waals surface area contributed by atoms with Gasteiger partial charge in [0.05, 0.1) is 12.3 Å². The molecule has 0 saturated heterocycles. The third kappa shape index (κ3) is 2.53. The van der Waals surface area contributed by atoms with E-state index in [1.54, 1.807) is 4.68 Å². The highest BCUT2D eigenvalue weighted by molar-refractivity contribution is 6.05. The molecular weight excluding hydrogens is 348 g/mol. The molecule has 1 aromatic rings. The van der Waals surface area contributed by atoms with Crippen LogP contribution in [0, 0.1) is 28.6 Å². The molecule has 0 spiro atoms. The average Bonchev–Trinajstić information content (AvgIpc) is 3.18. The lowest BCUT2D eigenvalue weighted by molar-refractivity contribution is -0.130. The summed E-state index contributed by atoms with van der Waals surface area (Å²) in [7, 11) is 1.91. The van der Waals surface area contributed by atoms with E-state index in [4.69, 9.17) is 0 Å². The number of ketones is 1. The van der Waals surface area contributed by atoms with Crippen molar-refractivity contribution < 1.29 is 9.90 Å². The van der Waals surface area contributed by atoms with Crippen LogP contribution in [0.1, 0.15) is 64.4 Å². The lowest BCUT2D eigenvalue weighted by Crippen LogP contribution is -2.50. The van der Waals surface area contributed by atoms with E-state index in [2.05, 4.69) is 31.1 Å². The molecule has 4 aliphatic rings. The van der Waals surface area contributed by atoms with Crippen LogP contribution in [0.25, 0.3) is 6.08 Å². The number of hydrogen-bond donors (Lipinski definition) is 1. The van der Waals surface area contributed by atoms with Crippen molar-refractivity contribution in [3.05, 3.63) is 35.2 Å². The number of aryl methyl sites for hydroxylation is 1. The molecule has 28 heavy (non-hydrogen) atoms. The van der Waals surface area contributed by atoms with Crippen LogP contribution in [-0.2, 0) is 11.8 Å². The summed E-state index contributed by atoms with van der Waals surface area (Å²) in [6.07, 6.45) is 15.2. The number of carbonyl (C=O) groups excluding carboxylic acids is 1. The van der Waals surface area contributed by atoms with Gasteiger partial charge in [-0.25, -0.2) is 0 Å². The van der Waals surface area contributed by atoms with Crippen LogP contribution in [0.3, 0.4) is 0 Å². The van der Waals surface area contributed by atoms with Crippen LogP contribution in [0.5, 0.6) is 0 Å². The second kappa shape index (κ2) is 6.16. The van der Waals surface area contributed by atoms with Gasteiger partial charge in [0.2, 0.25) is 0 Å². The van der Waals surface area contributed by atoms with Gasteiger partial charge in [0.15, 0.2) is 5.78 Å². The number of nitrogens with zero attached hydrogens (tertiary/aromatic N) is 2. The van der Waals surface area contributed by atoms with Crippen molar-refractivity contribution >= 4 is 11.9 Å². The SMILES string of the molecule is Cn1cc(/C=C2/CC3C4CC=C5CC(O)CCC5(C)C4CCC3(C)C2=O)cn1. The number of aliphatic hydroxyl groups excluding tert-OH is 1. The molecule has 5 rings (SSSR count). The molecule has 0 aliphatic heterocycles. The highest BCUT2D eigenvalue weighted by Gasteiger charge is 2.59. The lowest BCUT2D eigenvalue weighted by atomic mass is 9.48. The maximum absolute atomic E-state index is 13.4. The number of hydrogen-bond acceptors (Lipinski definition) is 3. The predicted octanol–water partition coefficient (Wildman–Crippen LogP) is 4.31. The zero-order valence-electron chi connectivity index (χ0n) is 17.3. The predicted molar refractivity (Wildman–Crippen MR) is 109 cm³/mol. The maximum atomic E-state index is 13.4. The number of allylic oxidation sites excluding steroid dienone is 2. The molecule has 1 aromatic heterocycles. The number of aromatic nitrogens is 2. The van der Waals surface area contributed by atoms with E-state index in [0.29, 0.717) is 23.5 Å². The summed E-state index contributed by atoms with van der Waals surface area (Å²) in [5.74, 6) is 2.07. The Morgan fingerprint density at radius 2 is 1.96 bits per heavy atom. The second-order valence-corrected chi connectivity index (χ2v) is 10.3. The molecule has 3 saturated carbocycles. The topological polar surface area (TPSA) is 55.1 Å². The van der Waals surface area contributed by atoms with E-state index in [0.717, 1.165) is 56.1 Å². The van der Waals surface area contributed by atoms with Crippen LogP contribution in [0.15, 0.2) is 29.6 Å². The normalized spacial score (nSPS) is 44.1. The molecular formula is C24H32N2O2. The molecule has 0 radical (unpaired) electrons. The van der Waals surface area contributed by atoms with Crippen LogP contribution in [0.4, 0.5) is 0 Å². The molecule has 4 heteroatoms. The quantitative estimate of drug-likeness (QED) is 0.583. The Morgan fingerprint density at radius 3 is 2.71 bits per heavy atom. The maximum Gasteiger partial charge on any atom is 0.165 e. The van der Waals surface area contributed by atoms with Gasteiger partial charge in [-0.3, -0.25) is 9.48 Å². The Balaban J connectivity index is 1.48. The summed E-state index contributed by atoms with van der Waals surface area (Å²) in [5.41, 5.74) is 3.54. The first-order chi connectivity index (χ1) is 13.3. The number of Topliss-reactive ketones (excluding diaryl/α,β-unsaturated/α-hetero) is 1. The van der Waals surface area contributed by atoms with Crippen molar-refractivity contribution in [3.8, 4) is 0 Å². The fourth-order valence-electron chi connectivity index (χ4n) is 7.16. The minimum atomic E-state index is -0.203. The molecule has 3 fully saturated rings. The molecule has 0 bridgehead atoms. The molecule has 1 N–H and O–H groups in total. The average molecular weight is 381 g/mol. The first-order valence-electron chi connectivity index (χ1n) is 10.9. The number of rotatable bonds is 1. The van der Waals surface area contributed by atoms with Gasteiger partial charge in [-0.15, -0.1) is 0 Å². The largest absolute Gasteiger partial charge is 0.393 e. The summed E-state index contributed by atoms with van der Waals surface area (Å²) in [5, 5.41) is 14.4. The molecule has 4 nitrogen and oxygen atoms in total. The smallest absolute Gasteiger partial charge is 0.165 e. The van der Waals surface area contributed by atoms with Crippen molar-refractivity contribution in [1.29, 1.82) is 0 Å². The summed E-state index contributed by atoms with van der Waals surface area (Å²) >= 11 is 0. The van der Waals surface area contributed by atoms with Gasteiger partial charge in [-0.2, -0.15) is 5.10 Å². The second-order valence-electron chi connectivity index (χ2n) is 10.3. The van der Waals surface area contributed by atoms with Gasteiger partial charge >= 0.3 is 0 Å². The highest BCUT2D eigenvalue weighted by atomic mass is 16.3. The Kier molecular flexibility index (Phi) is 4.04. The molecule has 4 aliphatic carbocycles. The Hall–Kier alpha value is -1.68. The first-order valence-corrected chi connectivity index (χ1v) is 10.9. The zero-order chi connectivity index (χ0) is 19.7. The van der Waals surface area contributed by atoms with Gasteiger partial charge in [-0.05, 0) is 79.8 Å². The van der Waals surface area contributed by atoms with E-state index < -0.39 is 0 Å². The summed E-state index contributed by atoms with van der Waals surface area (Å²) < 4.78 is 1.79. The fourth-order valence-corrected chi connectivity index (χ4v) is 7.16. The molecule has 0 amide bonds. The van der Waals surface area contributed by atoms with Crippen molar-refractivity contribution in [3.63, 3.8) is 0 Å². The number of carbonyl (C=O) groups is 1. The molecule has 6 unspecified atom stereocenters. The molecule has 6 atom stereocenters. The minimum Gasteiger partial charge on any atom is -0.393 e. The van der Waals surface area contributed by atoms with Crippen LogP contribution in [-0.4, -0.2) is 26.8 Å². The van der Waals surface area contributed by atoms with Crippen LogP contribution in [0.2, 0.25) is 0 Å². The van der Waals surface area contributed by atoms with Crippen molar-refractivity contribution in [2.75, 3.05) is 0 Å². The summed E-state index contributed by atoms with van der Waals surface area (Å²) in [6, 6.07) is 0. The lowest BCUT2D eigenvalue weighted by Gasteiger charge is -2.56.